The van der Waals surface area contributed by atoms with Crippen LogP contribution in [-0.4, -0.2) is 29.0 Å². The predicted molar refractivity (Wildman–Crippen MR) is 138 cm³/mol. The molecule has 2 aliphatic rings. The lowest BCUT2D eigenvalue weighted by molar-refractivity contribution is 0.557. The summed E-state index contributed by atoms with van der Waals surface area (Å²) in [5, 5.41) is 15.8. The number of aryl methyl sites for hydroxylation is 1. The number of thioether (sulfide) groups is 1. The topological polar surface area (TPSA) is 89.2 Å². The van der Waals surface area contributed by atoms with Crippen LogP contribution < -0.4 is 4.72 Å². The number of nitrogens with one attached hydrogen (secondary N) is 1. The van der Waals surface area contributed by atoms with Gasteiger partial charge in [0.05, 0.1) is 16.2 Å². The molecule has 1 fully saturated rings. The summed E-state index contributed by atoms with van der Waals surface area (Å²) in [7, 11) is -3.75. The number of hydrogen-bond donors (Lipinski definition) is 1. The molecule has 6 rings (SSSR count). The first kappa shape index (κ1) is 22.5. The minimum atomic E-state index is -3.75. The molecule has 1 aromatic heterocycles. The van der Waals surface area contributed by atoms with Gasteiger partial charge < -0.3 is 0 Å². The largest absolute Gasteiger partial charge is 0.241 e. The molecule has 2 aliphatic carbocycles. The molecule has 0 unspecified atom stereocenters. The molecule has 0 aliphatic heterocycles. The Morgan fingerprint density at radius 1 is 1.00 bits per heavy atom. The van der Waals surface area contributed by atoms with Gasteiger partial charge in [0.1, 0.15) is 6.33 Å². The lowest BCUT2D eigenvalue weighted by atomic mass is 10.1. The fourth-order valence-corrected chi connectivity index (χ4v) is 7.47. The second-order valence-corrected chi connectivity index (χ2v) is 11.9. The SMILES string of the molecule is Cc1ccc(S(=O)(=O)N[C@@H]2c3cccc4cccc(c34)[C@H]2Sc2nncn2N=C2CCCC2)cc1. The van der Waals surface area contributed by atoms with Gasteiger partial charge in [-0.2, -0.15) is 9.78 Å². The zero-order valence-corrected chi connectivity index (χ0v) is 20.9. The van der Waals surface area contributed by atoms with E-state index in [-0.39, 0.29) is 10.1 Å². The van der Waals surface area contributed by atoms with Crippen molar-refractivity contribution in [1.29, 1.82) is 0 Å². The van der Waals surface area contributed by atoms with E-state index in [0.717, 1.165) is 58.9 Å². The third kappa shape index (κ3) is 4.17. The van der Waals surface area contributed by atoms with E-state index in [0.29, 0.717) is 5.16 Å². The van der Waals surface area contributed by atoms with E-state index >= 15 is 0 Å². The van der Waals surface area contributed by atoms with E-state index in [1.54, 1.807) is 23.1 Å². The summed E-state index contributed by atoms with van der Waals surface area (Å²) in [5.41, 5.74) is 4.22. The molecule has 0 radical (unpaired) electrons. The van der Waals surface area contributed by atoms with Gasteiger partial charge in [-0.05, 0) is 66.6 Å². The fourth-order valence-electron chi connectivity index (χ4n) is 4.96. The lowest BCUT2D eigenvalue weighted by Gasteiger charge is -2.22. The summed E-state index contributed by atoms with van der Waals surface area (Å²) in [6.45, 7) is 1.94. The van der Waals surface area contributed by atoms with Crippen molar-refractivity contribution in [2.45, 2.75) is 54.0 Å². The number of aromatic nitrogens is 3. The molecular weight excluding hydrogens is 478 g/mol. The molecule has 4 aromatic rings. The van der Waals surface area contributed by atoms with Crippen LogP contribution in [0.5, 0.6) is 0 Å². The second-order valence-electron chi connectivity index (χ2n) is 9.07. The van der Waals surface area contributed by atoms with Crippen molar-refractivity contribution in [3.63, 3.8) is 0 Å². The zero-order valence-electron chi connectivity index (χ0n) is 19.3. The molecular formula is C26H25N5O2S2. The van der Waals surface area contributed by atoms with E-state index in [2.05, 4.69) is 33.1 Å². The second kappa shape index (κ2) is 8.89. The molecule has 2 atom stereocenters. The summed E-state index contributed by atoms with van der Waals surface area (Å²) >= 11 is 1.50. The van der Waals surface area contributed by atoms with Gasteiger partial charge in [-0.3, -0.25) is 0 Å². The molecule has 7 nitrogen and oxygen atoms in total. The van der Waals surface area contributed by atoms with Crippen LogP contribution in [0.4, 0.5) is 0 Å². The van der Waals surface area contributed by atoms with Crippen molar-refractivity contribution in [3.8, 4) is 0 Å². The van der Waals surface area contributed by atoms with Crippen molar-refractivity contribution < 1.29 is 8.42 Å². The Morgan fingerprint density at radius 2 is 1.71 bits per heavy atom. The van der Waals surface area contributed by atoms with Crippen LogP contribution in [0.15, 0.2) is 82.1 Å². The standard InChI is InChI=1S/C26H25N5O2S2/c1-17-12-14-20(15-13-17)35(32,33)30-24-21-10-4-6-18-7-5-11-22(23(18)21)25(24)34-26-28-27-16-31(26)29-19-8-2-3-9-19/h4-7,10-16,24-25,30H,2-3,8-9H2,1H3/t24-,25-/m1/s1. The molecule has 9 heteroatoms. The van der Waals surface area contributed by atoms with Gasteiger partial charge in [-0.25, -0.2) is 13.1 Å². The smallest absolute Gasteiger partial charge is 0.207 e. The van der Waals surface area contributed by atoms with E-state index in [4.69, 9.17) is 5.10 Å². The maximum atomic E-state index is 13.4. The fraction of sp³-hybridized carbons (Fsp3) is 0.269. The third-order valence-corrected chi connectivity index (χ3v) is 9.41. The Balaban J connectivity index is 1.40. The van der Waals surface area contributed by atoms with Gasteiger partial charge >= 0.3 is 0 Å². The number of rotatable bonds is 6. The molecule has 0 saturated heterocycles. The molecule has 1 heterocycles. The van der Waals surface area contributed by atoms with Gasteiger partial charge in [0.25, 0.3) is 0 Å². The lowest BCUT2D eigenvalue weighted by Crippen LogP contribution is -2.30. The van der Waals surface area contributed by atoms with E-state index < -0.39 is 16.1 Å². The predicted octanol–water partition coefficient (Wildman–Crippen LogP) is 5.38. The summed E-state index contributed by atoms with van der Waals surface area (Å²) < 4.78 is 31.6. The van der Waals surface area contributed by atoms with Crippen molar-refractivity contribution in [1.82, 2.24) is 19.6 Å². The molecule has 1 N–H and O–H groups in total. The molecule has 1 saturated carbocycles. The first-order valence-corrected chi connectivity index (χ1v) is 14.1. The summed E-state index contributed by atoms with van der Waals surface area (Å²) in [6.07, 6.45) is 5.94. The van der Waals surface area contributed by atoms with Crippen molar-refractivity contribution in [2.24, 2.45) is 5.10 Å². The Morgan fingerprint density at radius 3 is 2.46 bits per heavy atom. The number of sulfonamides is 1. The highest BCUT2D eigenvalue weighted by Gasteiger charge is 2.38. The summed E-state index contributed by atoms with van der Waals surface area (Å²) in [6, 6.07) is 18.7. The number of nitrogens with zero attached hydrogens (tertiary/aromatic N) is 4. The molecule has 0 amide bonds. The zero-order chi connectivity index (χ0) is 24.0. The molecule has 0 bridgehead atoms. The Kier molecular flexibility index (Phi) is 5.70. The van der Waals surface area contributed by atoms with Crippen LogP contribution in [0.1, 0.15) is 53.7 Å². The van der Waals surface area contributed by atoms with Crippen LogP contribution in [0.3, 0.4) is 0 Å². The minimum Gasteiger partial charge on any atom is -0.207 e. The third-order valence-electron chi connectivity index (χ3n) is 6.69. The highest BCUT2D eigenvalue weighted by atomic mass is 32.2. The van der Waals surface area contributed by atoms with Gasteiger partial charge in [-0.15, -0.1) is 10.2 Å². The number of benzene rings is 3. The number of hydrogen-bond acceptors (Lipinski definition) is 6. The van der Waals surface area contributed by atoms with Crippen LogP contribution in [0, 0.1) is 6.92 Å². The molecule has 0 spiro atoms. The molecule has 178 valence electrons. The average molecular weight is 504 g/mol. The highest BCUT2D eigenvalue weighted by molar-refractivity contribution is 7.99. The van der Waals surface area contributed by atoms with E-state index in [9.17, 15) is 8.42 Å². The first-order valence-electron chi connectivity index (χ1n) is 11.7. The quantitative estimate of drug-likeness (QED) is 0.381. The van der Waals surface area contributed by atoms with E-state index in [1.807, 2.05) is 37.3 Å². The van der Waals surface area contributed by atoms with Crippen LogP contribution in [-0.2, 0) is 10.0 Å². The van der Waals surface area contributed by atoms with Crippen molar-refractivity contribution in [3.05, 3.63) is 83.7 Å². The minimum absolute atomic E-state index is 0.219. The van der Waals surface area contributed by atoms with Gasteiger partial charge in [0, 0.05) is 5.71 Å². The van der Waals surface area contributed by atoms with Crippen LogP contribution in [0.25, 0.3) is 10.8 Å². The first-order chi connectivity index (χ1) is 17.0. The molecule has 3 aromatic carbocycles. The van der Waals surface area contributed by atoms with Crippen molar-refractivity contribution in [2.75, 3.05) is 0 Å². The Bertz CT molecular complexity index is 1530. The summed E-state index contributed by atoms with van der Waals surface area (Å²) in [5.74, 6) is 0. The van der Waals surface area contributed by atoms with Crippen LogP contribution in [0.2, 0.25) is 0 Å². The maximum Gasteiger partial charge on any atom is 0.241 e. The van der Waals surface area contributed by atoms with Gasteiger partial charge in [0.15, 0.2) is 0 Å². The van der Waals surface area contributed by atoms with E-state index in [1.165, 1.54) is 11.8 Å². The van der Waals surface area contributed by atoms with Gasteiger partial charge in [-0.1, -0.05) is 65.9 Å². The normalized spacial score (nSPS) is 19.5. The van der Waals surface area contributed by atoms with Crippen molar-refractivity contribution >= 4 is 38.3 Å². The Hall–Kier alpha value is -3.01. The Labute approximate surface area is 208 Å². The maximum absolute atomic E-state index is 13.4. The summed E-state index contributed by atoms with van der Waals surface area (Å²) in [4.78, 5) is 0.255. The monoisotopic (exact) mass is 503 g/mol. The average Bonchev–Trinajstić information content (AvgIpc) is 3.59. The van der Waals surface area contributed by atoms with Crippen LogP contribution >= 0.6 is 11.8 Å². The highest BCUT2D eigenvalue weighted by Crippen LogP contribution is 2.53. The van der Waals surface area contributed by atoms with Gasteiger partial charge in [0.2, 0.25) is 15.2 Å². The molecule has 35 heavy (non-hydrogen) atoms.